The third-order valence-electron chi connectivity index (χ3n) is 4.56. The molecule has 2 aromatic carbocycles. The molecule has 3 aromatic heterocycles. The second kappa shape index (κ2) is 5.89. The number of rotatable bonds is 2. The van der Waals surface area contributed by atoms with Gasteiger partial charge in [0.15, 0.2) is 0 Å². The zero-order chi connectivity index (χ0) is 18.5. The Hall–Kier alpha value is -3.24. The van der Waals surface area contributed by atoms with E-state index in [1.54, 1.807) is 24.5 Å². The predicted molar refractivity (Wildman–Crippen MR) is 105 cm³/mol. The van der Waals surface area contributed by atoms with Gasteiger partial charge in [-0.25, -0.2) is 4.79 Å². The Bertz CT molecular complexity index is 1360. The standard InChI is InChI=1S/C22H13ClO4/c1-12-4-6-18-16(9-12)21(19-3-2-8-25-19)22(27-18)15-11-20(24)26-17-7-5-13(23)10-14(15)17/h2-11H,1H3. The van der Waals surface area contributed by atoms with Crippen molar-refractivity contribution in [3.8, 4) is 22.6 Å². The second-order valence-corrected chi connectivity index (χ2v) is 6.84. The molecule has 0 spiro atoms. The van der Waals surface area contributed by atoms with Crippen molar-refractivity contribution in [2.45, 2.75) is 6.92 Å². The van der Waals surface area contributed by atoms with Crippen molar-refractivity contribution in [3.05, 3.63) is 81.9 Å². The van der Waals surface area contributed by atoms with Crippen LogP contribution >= 0.6 is 11.6 Å². The minimum absolute atomic E-state index is 0.448. The zero-order valence-electron chi connectivity index (χ0n) is 14.3. The molecule has 4 nitrogen and oxygen atoms in total. The summed E-state index contributed by atoms with van der Waals surface area (Å²) >= 11 is 6.19. The summed E-state index contributed by atoms with van der Waals surface area (Å²) in [5.41, 5.74) is 3.22. The van der Waals surface area contributed by atoms with Crippen LogP contribution in [0.3, 0.4) is 0 Å². The summed E-state index contributed by atoms with van der Waals surface area (Å²) in [4.78, 5) is 12.2. The van der Waals surface area contributed by atoms with E-state index in [0.717, 1.165) is 16.5 Å². The minimum atomic E-state index is -0.457. The van der Waals surface area contributed by atoms with Gasteiger partial charge in [0.1, 0.15) is 22.7 Å². The number of benzene rings is 2. The fourth-order valence-corrected chi connectivity index (χ4v) is 3.56. The number of aryl methyl sites for hydroxylation is 1. The average molecular weight is 377 g/mol. The van der Waals surface area contributed by atoms with Crippen LogP contribution in [0.5, 0.6) is 0 Å². The van der Waals surface area contributed by atoms with Gasteiger partial charge < -0.3 is 13.3 Å². The van der Waals surface area contributed by atoms with Crippen LogP contribution in [0.25, 0.3) is 44.6 Å². The molecule has 0 saturated heterocycles. The van der Waals surface area contributed by atoms with E-state index in [4.69, 9.17) is 24.9 Å². The number of hydrogen-bond acceptors (Lipinski definition) is 4. The fraction of sp³-hybridized carbons (Fsp3) is 0.0455. The molecule has 0 fully saturated rings. The zero-order valence-corrected chi connectivity index (χ0v) is 15.0. The molecule has 5 rings (SSSR count). The molecular weight excluding hydrogens is 364 g/mol. The van der Waals surface area contributed by atoms with Gasteiger partial charge in [-0.05, 0) is 49.4 Å². The highest BCUT2D eigenvalue weighted by atomic mass is 35.5. The SMILES string of the molecule is Cc1ccc2oc(-c3cc(=O)oc4ccc(Cl)cc34)c(-c3ccco3)c2c1. The summed E-state index contributed by atoms with van der Waals surface area (Å²) in [6, 6.07) is 16.2. The van der Waals surface area contributed by atoms with Gasteiger partial charge in [-0.15, -0.1) is 0 Å². The molecule has 0 aliphatic carbocycles. The van der Waals surface area contributed by atoms with Gasteiger partial charge in [0.05, 0.1) is 11.8 Å². The molecule has 0 bridgehead atoms. The molecule has 5 aromatic rings. The molecule has 0 N–H and O–H groups in total. The van der Waals surface area contributed by atoms with Crippen molar-refractivity contribution in [2.24, 2.45) is 0 Å². The van der Waals surface area contributed by atoms with Crippen LogP contribution in [0.2, 0.25) is 5.02 Å². The first kappa shape index (κ1) is 16.0. The highest BCUT2D eigenvalue weighted by molar-refractivity contribution is 6.31. The van der Waals surface area contributed by atoms with Gasteiger partial charge in [0.25, 0.3) is 0 Å². The second-order valence-electron chi connectivity index (χ2n) is 6.40. The Kier molecular flexibility index (Phi) is 3.49. The molecule has 3 heterocycles. The van der Waals surface area contributed by atoms with E-state index in [1.165, 1.54) is 6.07 Å². The van der Waals surface area contributed by atoms with Gasteiger partial charge in [0.2, 0.25) is 0 Å². The first-order valence-corrected chi connectivity index (χ1v) is 8.79. The maximum Gasteiger partial charge on any atom is 0.336 e. The van der Waals surface area contributed by atoms with E-state index in [9.17, 15) is 4.79 Å². The van der Waals surface area contributed by atoms with Gasteiger partial charge in [-0.1, -0.05) is 23.2 Å². The summed E-state index contributed by atoms with van der Waals surface area (Å²) in [7, 11) is 0. The van der Waals surface area contributed by atoms with Gasteiger partial charge in [-0.2, -0.15) is 0 Å². The lowest BCUT2D eigenvalue weighted by Crippen LogP contribution is -1.98. The molecule has 132 valence electrons. The van der Waals surface area contributed by atoms with Crippen LogP contribution in [-0.4, -0.2) is 0 Å². The number of fused-ring (bicyclic) bond motifs is 2. The summed E-state index contributed by atoms with van der Waals surface area (Å²) < 4.78 is 17.2. The van der Waals surface area contributed by atoms with E-state index in [1.807, 2.05) is 37.3 Å². The third-order valence-corrected chi connectivity index (χ3v) is 4.80. The number of halogens is 1. The Morgan fingerprint density at radius 1 is 0.889 bits per heavy atom. The fourth-order valence-electron chi connectivity index (χ4n) is 3.39. The van der Waals surface area contributed by atoms with Crippen molar-refractivity contribution in [1.82, 2.24) is 0 Å². The van der Waals surface area contributed by atoms with E-state index in [-0.39, 0.29) is 0 Å². The smallest absolute Gasteiger partial charge is 0.336 e. The summed E-state index contributed by atoms with van der Waals surface area (Å²) in [6.07, 6.45) is 1.61. The lowest BCUT2D eigenvalue weighted by Gasteiger charge is -2.05. The van der Waals surface area contributed by atoms with E-state index < -0.39 is 5.63 Å². The van der Waals surface area contributed by atoms with Crippen molar-refractivity contribution in [3.63, 3.8) is 0 Å². The van der Waals surface area contributed by atoms with Crippen molar-refractivity contribution >= 4 is 33.5 Å². The lowest BCUT2D eigenvalue weighted by molar-refractivity contribution is 0.559. The summed E-state index contributed by atoms with van der Waals surface area (Å²) in [5.74, 6) is 1.21. The van der Waals surface area contributed by atoms with Gasteiger partial charge in [-0.3, -0.25) is 0 Å². The summed E-state index contributed by atoms with van der Waals surface area (Å²) in [6.45, 7) is 2.02. The monoisotopic (exact) mass is 376 g/mol. The van der Waals surface area contributed by atoms with Crippen molar-refractivity contribution in [2.75, 3.05) is 0 Å². The van der Waals surface area contributed by atoms with E-state index in [0.29, 0.717) is 38.7 Å². The lowest BCUT2D eigenvalue weighted by atomic mass is 10.0. The first-order chi connectivity index (χ1) is 13.1. The van der Waals surface area contributed by atoms with E-state index in [2.05, 4.69) is 0 Å². The average Bonchev–Trinajstić information content (AvgIpc) is 3.28. The highest BCUT2D eigenvalue weighted by Gasteiger charge is 2.22. The maximum absolute atomic E-state index is 12.2. The first-order valence-electron chi connectivity index (χ1n) is 8.41. The van der Waals surface area contributed by atoms with Crippen LogP contribution < -0.4 is 5.63 Å². The van der Waals surface area contributed by atoms with Gasteiger partial charge >= 0.3 is 5.63 Å². The molecule has 0 saturated carbocycles. The van der Waals surface area contributed by atoms with E-state index >= 15 is 0 Å². The molecule has 0 aliphatic heterocycles. The van der Waals surface area contributed by atoms with Crippen LogP contribution in [0.15, 0.2) is 78.9 Å². The largest absolute Gasteiger partial charge is 0.464 e. The molecule has 27 heavy (non-hydrogen) atoms. The molecule has 0 atom stereocenters. The topological polar surface area (TPSA) is 56.5 Å². The number of hydrogen-bond donors (Lipinski definition) is 0. The van der Waals surface area contributed by atoms with Gasteiger partial charge in [0, 0.05) is 27.4 Å². The molecule has 0 amide bonds. The summed E-state index contributed by atoms with van der Waals surface area (Å²) in [5, 5.41) is 2.16. The third kappa shape index (κ3) is 2.57. The van der Waals surface area contributed by atoms with Crippen molar-refractivity contribution < 1.29 is 13.3 Å². The van der Waals surface area contributed by atoms with Crippen LogP contribution in [-0.2, 0) is 0 Å². The predicted octanol–water partition coefficient (Wildman–Crippen LogP) is 6.43. The normalized spacial score (nSPS) is 11.5. The molecular formula is C22H13ClO4. The molecule has 0 unspecified atom stereocenters. The Morgan fingerprint density at radius 2 is 1.70 bits per heavy atom. The minimum Gasteiger partial charge on any atom is -0.464 e. The van der Waals surface area contributed by atoms with Crippen LogP contribution in [0, 0.1) is 6.92 Å². The quantitative estimate of drug-likeness (QED) is 0.333. The maximum atomic E-state index is 12.2. The Balaban J connectivity index is 1.95. The Labute approximate surface area is 158 Å². The molecule has 0 radical (unpaired) electrons. The molecule has 0 aliphatic rings. The van der Waals surface area contributed by atoms with Crippen molar-refractivity contribution in [1.29, 1.82) is 0 Å². The molecule has 5 heteroatoms. The highest BCUT2D eigenvalue weighted by Crippen LogP contribution is 2.43. The Morgan fingerprint density at radius 3 is 2.52 bits per heavy atom. The number of furan rings is 2. The van der Waals surface area contributed by atoms with Crippen LogP contribution in [0.1, 0.15) is 5.56 Å². The van der Waals surface area contributed by atoms with Crippen LogP contribution in [0.4, 0.5) is 0 Å².